The summed E-state index contributed by atoms with van der Waals surface area (Å²) in [7, 11) is 0. The molecular weight excluding hydrogens is 682 g/mol. The Kier molecular flexibility index (Phi) is 7.06. The number of amides is 4. The van der Waals surface area contributed by atoms with E-state index in [1.807, 2.05) is 0 Å². The van der Waals surface area contributed by atoms with Gasteiger partial charge in [0.05, 0.1) is 24.3 Å². The highest BCUT2D eigenvalue weighted by Crippen LogP contribution is 2.66. The molecule has 16 heteroatoms. The molecule has 2 aliphatic carbocycles. The zero-order valence-corrected chi connectivity index (χ0v) is 25.4. The number of rotatable bonds is 5. The van der Waals surface area contributed by atoms with Crippen LogP contribution in [-0.4, -0.2) is 43.4 Å². The summed E-state index contributed by atoms with van der Waals surface area (Å²) in [5.74, 6) is -21.2. The molecule has 2 saturated heterocycles. The number of aliphatic hydroxyl groups excluding tert-OH is 1. The van der Waals surface area contributed by atoms with E-state index in [0.29, 0.717) is 0 Å². The van der Waals surface area contributed by atoms with Gasteiger partial charge in [-0.1, -0.05) is 17.7 Å². The molecule has 0 spiro atoms. The van der Waals surface area contributed by atoms with Crippen LogP contribution in [0.1, 0.15) is 35.2 Å². The number of likely N-dealkylation sites (tertiary alicyclic amines) is 1. The Labute approximate surface area is 270 Å². The first-order chi connectivity index (χ1) is 21.8. The standard InChI is InChI=1S/C30H19Cl2F5N2O6S/c31-29-8-15-13(4-5-14-17(15)26(42)38(25(14)41)9-12-2-1-7-46-12)18(16-6-3-11(10-40)45-16)30(29,32)28(44)39(27(29)43)24-22(36)20(34)19(33)21(35)23(24)37/h1-4,6-7,14-15,17-18,40H,5,8-10H2. The molecular formula is C30H19Cl2F5N2O6S. The molecule has 1 N–H and O–H groups in total. The highest BCUT2D eigenvalue weighted by Gasteiger charge is 2.77. The van der Waals surface area contributed by atoms with Crippen LogP contribution in [0.15, 0.2) is 45.7 Å². The fraction of sp³-hybridized carbons (Fsp3) is 0.333. The first-order valence-corrected chi connectivity index (χ1v) is 15.5. The molecule has 1 saturated carbocycles. The van der Waals surface area contributed by atoms with Crippen molar-refractivity contribution in [2.45, 2.75) is 41.7 Å². The molecule has 46 heavy (non-hydrogen) atoms. The van der Waals surface area contributed by atoms with Crippen LogP contribution in [0.2, 0.25) is 0 Å². The van der Waals surface area contributed by atoms with E-state index in [2.05, 4.69) is 0 Å². The van der Waals surface area contributed by atoms with E-state index in [1.54, 1.807) is 23.6 Å². The van der Waals surface area contributed by atoms with E-state index in [9.17, 15) is 37.5 Å². The Bertz CT molecular complexity index is 1870. The van der Waals surface area contributed by atoms with Crippen LogP contribution in [0.5, 0.6) is 0 Å². The van der Waals surface area contributed by atoms with Crippen molar-refractivity contribution < 1.29 is 50.7 Å². The van der Waals surface area contributed by atoms with Crippen molar-refractivity contribution in [1.82, 2.24) is 4.90 Å². The van der Waals surface area contributed by atoms with Gasteiger partial charge in [-0.15, -0.1) is 34.5 Å². The van der Waals surface area contributed by atoms with Crippen molar-refractivity contribution >= 4 is 63.9 Å². The number of anilines is 1. The number of fused-ring (bicyclic) bond motifs is 4. The summed E-state index contributed by atoms with van der Waals surface area (Å²) in [6, 6.07) is 6.15. The molecule has 0 radical (unpaired) electrons. The Balaban J connectivity index is 1.40. The van der Waals surface area contributed by atoms with Crippen molar-refractivity contribution in [3.8, 4) is 0 Å². The molecule has 4 amide bonds. The first kappa shape index (κ1) is 31.0. The van der Waals surface area contributed by atoms with Crippen molar-refractivity contribution in [3.63, 3.8) is 0 Å². The van der Waals surface area contributed by atoms with Crippen LogP contribution in [0.25, 0.3) is 0 Å². The van der Waals surface area contributed by atoms with Gasteiger partial charge in [0.25, 0.3) is 11.8 Å². The maximum absolute atomic E-state index is 15.1. The van der Waals surface area contributed by atoms with E-state index in [1.165, 1.54) is 23.5 Å². The number of halogens is 7. The smallest absolute Gasteiger partial charge is 0.258 e. The van der Waals surface area contributed by atoms with Gasteiger partial charge in [-0.25, -0.2) is 26.9 Å². The molecule has 4 heterocycles. The molecule has 4 aliphatic rings. The van der Waals surface area contributed by atoms with Crippen LogP contribution < -0.4 is 4.90 Å². The minimum Gasteiger partial charge on any atom is -0.463 e. The predicted octanol–water partition coefficient (Wildman–Crippen LogP) is 5.29. The average Bonchev–Trinajstić information content (AvgIpc) is 3.81. The monoisotopic (exact) mass is 700 g/mol. The van der Waals surface area contributed by atoms with Crippen LogP contribution >= 0.6 is 34.5 Å². The molecule has 7 rings (SSSR count). The minimum atomic E-state index is -2.69. The third kappa shape index (κ3) is 3.87. The molecule has 3 fully saturated rings. The second-order valence-electron chi connectivity index (χ2n) is 11.5. The lowest BCUT2D eigenvalue weighted by Crippen LogP contribution is -2.60. The minimum absolute atomic E-state index is 0.00511. The average molecular weight is 701 g/mol. The molecule has 6 atom stereocenters. The van der Waals surface area contributed by atoms with Gasteiger partial charge in [-0.05, 0) is 42.3 Å². The third-order valence-corrected chi connectivity index (χ3v) is 11.6. The number of carbonyl (C=O) groups excluding carboxylic acids is 4. The third-order valence-electron chi connectivity index (χ3n) is 9.33. The van der Waals surface area contributed by atoms with Gasteiger partial charge in [0.15, 0.2) is 33.0 Å². The summed E-state index contributed by atoms with van der Waals surface area (Å²) >= 11 is 15.4. The van der Waals surface area contributed by atoms with Gasteiger partial charge in [0, 0.05) is 4.88 Å². The quantitative estimate of drug-likeness (QED) is 0.0968. The molecule has 8 nitrogen and oxygen atoms in total. The summed E-state index contributed by atoms with van der Waals surface area (Å²) < 4.78 is 78.4. The zero-order chi connectivity index (χ0) is 33.0. The van der Waals surface area contributed by atoms with Gasteiger partial charge in [-0.3, -0.25) is 24.1 Å². The number of alkyl halides is 2. The highest BCUT2D eigenvalue weighted by molar-refractivity contribution is 7.09. The van der Waals surface area contributed by atoms with E-state index in [-0.39, 0.29) is 35.0 Å². The SMILES string of the molecule is O=C1C2CC=C3C(CC4(Cl)C(=O)N(c5c(F)c(F)c(F)c(F)c5F)C(=O)C4(Cl)C3c3ccc(CO)o3)C2C(=O)N1Cc1cccs1. The van der Waals surface area contributed by atoms with E-state index in [4.69, 9.17) is 27.6 Å². The number of furan rings is 1. The molecule has 2 aliphatic heterocycles. The van der Waals surface area contributed by atoms with Crippen molar-refractivity contribution in [2.24, 2.45) is 17.8 Å². The topological polar surface area (TPSA) is 108 Å². The van der Waals surface area contributed by atoms with Gasteiger partial charge in [0.2, 0.25) is 17.6 Å². The Morgan fingerprint density at radius 2 is 1.59 bits per heavy atom. The second kappa shape index (κ2) is 10.5. The molecule has 3 aromatic rings. The summed E-state index contributed by atoms with van der Waals surface area (Å²) in [4.78, 5) is 51.9. The van der Waals surface area contributed by atoms with E-state index in [0.717, 1.165) is 9.78 Å². The Morgan fingerprint density at radius 1 is 0.913 bits per heavy atom. The number of aliphatic hydroxyl groups is 1. The van der Waals surface area contributed by atoms with Crippen LogP contribution in [0.4, 0.5) is 27.6 Å². The lowest BCUT2D eigenvalue weighted by Gasteiger charge is -2.49. The largest absolute Gasteiger partial charge is 0.463 e. The van der Waals surface area contributed by atoms with Crippen molar-refractivity contribution in [1.29, 1.82) is 0 Å². The highest BCUT2D eigenvalue weighted by atomic mass is 35.5. The number of allylic oxidation sites excluding steroid dienone is 2. The van der Waals surface area contributed by atoms with Crippen LogP contribution in [0.3, 0.4) is 0 Å². The Hall–Kier alpha value is -3.59. The van der Waals surface area contributed by atoms with E-state index >= 15 is 8.78 Å². The molecule has 0 bridgehead atoms. The number of hydrogen-bond donors (Lipinski definition) is 1. The second-order valence-corrected chi connectivity index (χ2v) is 13.8. The summed E-state index contributed by atoms with van der Waals surface area (Å²) in [5, 5.41) is 11.4. The van der Waals surface area contributed by atoms with Crippen LogP contribution in [0, 0.1) is 46.8 Å². The fourth-order valence-corrected chi connectivity index (χ4v) is 8.90. The number of nitrogens with zero attached hydrogens (tertiary/aromatic N) is 2. The summed E-state index contributed by atoms with van der Waals surface area (Å²) in [6.07, 6.45) is 0.964. The normalized spacial score (nSPS) is 30.6. The Morgan fingerprint density at radius 3 is 2.20 bits per heavy atom. The lowest BCUT2D eigenvalue weighted by molar-refractivity contribution is -0.141. The lowest BCUT2D eigenvalue weighted by atomic mass is 9.57. The number of carbonyl (C=O) groups is 4. The fourth-order valence-electron chi connectivity index (χ4n) is 7.29. The van der Waals surface area contributed by atoms with Gasteiger partial charge in [-0.2, -0.15) is 0 Å². The number of hydrogen-bond acceptors (Lipinski definition) is 7. The maximum Gasteiger partial charge on any atom is 0.258 e. The van der Waals surface area contributed by atoms with Crippen molar-refractivity contribution in [2.75, 3.05) is 4.90 Å². The first-order valence-electron chi connectivity index (χ1n) is 13.8. The number of benzene rings is 1. The van der Waals surface area contributed by atoms with Crippen molar-refractivity contribution in [3.05, 3.63) is 86.8 Å². The predicted molar refractivity (Wildman–Crippen MR) is 151 cm³/mol. The van der Waals surface area contributed by atoms with Gasteiger partial charge in [0.1, 0.15) is 23.8 Å². The molecule has 2 aromatic heterocycles. The van der Waals surface area contributed by atoms with Crippen LogP contribution in [-0.2, 0) is 32.3 Å². The number of imide groups is 2. The molecule has 240 valence electrons. The van der Waals surface area contributed by atoms with Gasteiger partial charge >= 0.3 is 0 Å². The van der Waals surface area contributed by atoms with E-state index < -0.39 is 105 Å². The molecule has 1 aromatic carbocycles. The maximum atomic E-state index is 15.1. The number of thiophene rings is 1. The summed E-state index contributed by atoms with van der Waals surface area (Å²) in [6.45, 7) is -0.613. The summed E-state index contributed by atoms with van der Waals surface area (Å²) in [5.41, 5.74) is -1.61. The molecule has 6 unspecified atom stereocenters. The zero-order valence-electron chi connectivity index (χ0n) is 23.0. The van der Waals surface area contributed by atoms with Gasteiger partial charge < -0.3 is 9.52 Å².